The van der Waals surface area contributed by atoms with E-state index in [9.17, 15) is 9.59 Å². The number of Topliss-reactive ketones (excluding diaryl/α,β-unsaturated/α-hetero) is 1. The molecular weight excluding hydrogens is 350 g/mol. The zero-order valence-electron chi connectivity index (χ0n) is 16.6. The molecule has 0 saturated carbocycles. The number of carbonyl (C=O) groups excluding carboxylic acids is 2. The van der Waals surface area contributed by atoms with E-state index in [1.807, 2.05) is 30.3 Å². The van der Waals surface area contributed by atoms with Crippen molar-refractivity contribution < 1.29 is 9.59 Å². The number of nitrogens with zero attached hydrogens (tertiary/aromatic N) is 2. The van der Waals surface area contributed by atoms with Crippen molar-refractivity contribution >= 4 is 17.4 Å². The molecule has 0 aromatic heterocycles. The molecule has 1 heterocycles. The molecule has 148 valence electrons. The van der Waals surface area contributed by atoms with E-state index in [0.29, 0.717) is 5.56 Å². The molecule has 1 amide bonds. The van der Waals surface area contributed by atoms with Crippen LogP contribution in [0.1, 0.15) is 35.7 Å². The van der Waals surface area contributed by atoms with Gasteiger partial charge in [-0.2, -0.15) is 0 Å². The lowest BCUT2D eigenvalue weighted by atomic mass is 10.1. The largest absolute Gasteiger partial charge is 0.326 e. The molecule has 28 heavy (non-hydrogen) atoms. The monoisotopic (exact) mass is 379 g/mol. The first-order chi connectivity index (χ1) is 13.6. The van der Waals surface area contributed by atoms with Crippen molar-refractivity contribution in [2.75, 3.05) is 38.0 Å². The first-order valence-corrected chi connectivity index (χ1v) is 10.1. The predicted molar refractivity (Wildman–Crippen MR) is 112 cm³/mol. The van der Waals surface area contributed by atoms with Gasteiger partial charge in [-0.1, -0.05) is 49.4 Å². The third kappa shape index (κ3) is 6.01. The van der Waals surface area contributed by atoms with E-state index in [-0.39, 0.29) is 24.5 Å². The zero-order valence-corrected chi connectivity index (χ0v) is 16.6. The number of piperazine rings is 1. The van der Waals surface area contributed by atoms with Crippen LogP contribution in [-0.2, 0) is 11.3 Å². The summed E-state index contributed by atoms with van der Waals surface area (Å²) in [6, 6.07) is 17.1. The summed E-state index contributed by atoms with van der Waals surface area (Å²) in [7, 11) is 0. The Labute approximate surface area is 167 Å². The Morgan fingerprint density at radius 1 is 0.857 bits per heavy atom. The maximum Gasteiger partial charge on any atom is 0.224 e. The predicted octanol–water partition coefficient (Wildman–Crippen LogP) is 3.43. The van der Waals surface area contributed by atoms with E-state index < -0.39 is 0 Å². The van der Waals surface area contributed by atoms with Crippen molar-refractivity contribution in [2.24, 2.45) is 0 Å². The Bertz CT molecular complexity index is 766. The average Bonchev–Trinajstić information content (AvgIpc) is 2.74. The summed E-state index contributed by atoms with van der Waals surface area (Å²) < 4.78 is 0. The maximum absolute atomic E-state index is 12.1. The molecule has 0 radical (unpaired) electrons. The van der Waals surface area contributed by atoms with Crippen LogP contribution in [-0.4, -0.2) is 54.2 Å². The number of rotatable bonds is 8. The van der Waals surface area contributed by atoms with Crippen LogP contribution in [0.4, 0.5) is 5.69 Å². The number of nitrogens with one attached hydrogen (secondary N) is 1. The van der Waals surface area contributed by atoms with Crippen LogP contribution in [0, 0.1) is 0 Å². The summed E-state index contributed by atoms with van der Waals surface area (Å²) in [5, 5.41) is 2.88. The zero-order chi connectivity index (χ0) is 19.8. The summed E-state index contributed by atoms with van der Waals surface area (Å²) in [4.78, 5) is 29.2. The number of hydrogen-bond acceptors (Lipinski definition) is 4. The van der Waals surface area contributed by atoms with Gasteiger partial charge < -0.3 is 10.2 Å². The van der Waals surface area contributed by atoms with Crippen molar-refractivity contribution in [3.05, 3.63) is 65.7 Å². The summed E-state index contributed by atoms with van der Waals surface area (Å²) in [6.45, 7) is 8.74. The quantitative estimate of drug-likeness (QED) is 0.714. The number of likely N-dealkylation sites (N-methyl/N-ethyl adjacent to an activating group) is 1. The highest BCUT2D eigenvalue weighted by atomic mass is 16.2. The molecule has 1 aliphatic heterocycles. The van der Waals surface area contributed by atoms with Crippen molar-refractivity contribution in [1.29, 1.82) is 0 Å². The molecule has 0 bridgehead atoms. The number of anilines is 1. The van der Waals surface area contributed by atoms with Gasteiger partial charge in [0.05, 0.1) is 0 Å². The van der Waals surface area contributed by atoms with E-state index >= 15 is 0 Å². The van der Waals surface area contributed by atoms with Gasteiger partial charge in [-0.25, -0.2) is 0 Å². The van der Waals surface area contributed by atoms with Gasteiger partial charge in [0.2, 0.25) is 5.91 Å². The van der Waals surface area contributed by atoms with Gasteiger partial charge in [0, 0.05) is 56.8 Å². The first-order valence-electron chi connectivity index (χ1n) is 10.1. The van der Waals surface area contributed by atoms with Crippen LogP contribution < -0.4 is 5.32 Å². The van der Waals surface area contributed by atoms with Gasteiger partial charge >= 0.3 is 0 Å². The molecule has 0 spiro atoms. The van der Waals surface area contributed by atoms with E-state index in [1.165, 1.54) is 5.56 Å². The number of amides is 1. The molecule has 1 fully saturated rings. The maximum atomic E-state index is 12.1. The molecule has 5 heteroatoms. The fraction of sp³-hybridized carbons (Fsp3) is 0.391. The minimum atomic E-state index is -0.132. The molecule has 1 aliphatic rings. The third-order valence-electron chi connectivity index (χ3n) is 5.23. The number of hydrogen-bond donors (Lipinski definition) is 1. The van der Waals surface area contributed by atoms with Crippen LogP contribution in [0.5, 0.6) is 0 Å². The van der Waals surface area contributed by atoms with Gasteiger partial charge in [-0.15, -0.1) is 0 Å². The Morgan fingerprint density at radius 3 is 2.14 bits per heavy atom. The second kappa shape index (κ2) is 10.2. The van der Waals surface area contributed by atoms with E-state index in [2.05, 4.69) is 34.2 Å². The van der Waals surface area contributed by atoms with Gasteiger partial charge in [0.25, 0.3) is 0 Å². The fourth-order valence-electron chi connectivity index (χ4n) is 3.43. The van der Waals surface area contributed by atoms with E-state index in [1.54, 1.807) is 12.1 Å². The molecule has 0 unspecified atom stereocenters. The van der Waals surface area contributed by atoms with Crippen molar-refractivity contribution in [1.82, 2.24) is 9.80 Å². The minimum Gasteiger partial charge on any atom is -0.326 e. The smallest absolute Gasteiger partial charge is 0.224 e. The Balaban J connectivity index is 1.42. The molecular formula is C23H29N3O2. The lowest BCUT2D eigenvalue weighted by Crippen LogP contribution is -2.45. The normalized spacial score (nSPS) is 15.3. The molecule has 3 rings (SSSR count). The molecule has 5 nitrogen and oxygen atoms in total. The highest BCUT2D eigenvalue weighted by molar-refractivity contribution is 5.99. The SMILES string of the molecule is CCN1CCN(Cc2ccc(NC(=O)CCC(=O)c3ccccc3)cc2)CC1. The Hall–Kier alpha value is -2.50. The average molecular weight is 380 g/mol. The van der Waals surface area contributed by atoms with Crippen molar-refractivity contribution in [2.45, 2.75) is 26.3 Å². The second-order valence-corrected chi connectivity index (χ2v) is 7.24. The van der Waals surface area contributed by atoms with Gasteiger partial charge in [0.1, 0.15) is 0 Å². The minimum absolute atomic E-state index is 0.00531. The third-order valence-corrected chi connectivity index (χ3v) is 5.23. The summed E-state index contributed by atoms with van der Waals surface area (Å²) >= 11 is 0. The van der Waals surface area contributed by atoms with Gasteiger partial charge in [-0.3, -0.25) is 14.5 Å². The summed E-state index contributed by atoms with van der Waals surface area (Å²) in [5.41, 5.74) is 2.68. The molecule has 1 N–H and O–H groups in total. The molecule has 0 aliphatic carbocycles. The summed E-state index contributed by atoms with van der Waals surface area (Å²) in [5.74, 6) is -0.137. The fourth-order valence-corrected chi connectivity index (χ4v) is 3.43. The van der Waals surface area contributed by atoms with Gasteiger partial charge in [0.15, 0.2) is 5.78 Å². The lowest BCUT2D eigenvalue weighted by Gasteiger charge is -2.34. The van der Waals surface area contributed by atoms with E-state index in [4.69, 9.17) is 0 Å². The Kier molecular flexibility index (Phi) is 7.34. The molecule has 2 aromatic rings. The van der Waals surface area contributed by atoms with Gasteiger partial charge in [-0.05, 0) is 24.2 Å². The highest BCUT2D eigenvalue weighted by Gasteiger charge is 2.15. The number of benzene rings is 2. The van der Waals surface area contributed by atoms with E-state index in [0.717, 1.165) is 45.0 Å². The standard InChI is InChI=1S/C23H29N3O2/c1-2-25-14-16-26(17-15-25)18-19-8-10-21(11-9-19)24-23(28)13-12-22(27)20-6-4-3-5-7-20/h3-11H,2,12-18H2,1H3,(H,24,28). The van der Waals surface area contributed by atoms with Crippen LogP contribution in [0.15, 0.2) is 54.6 Å². The van der Waals surface area contributed by atoms with Crippen molar-refractivity contribution in [3.8, 4) is 0 Å². The van der Waals surface area contributed by atoms with Crippen LogP contribution >= 0.6 is 0 Å². The molecule has 0 atom stereocenters. The second-order valence-electron chi connectivity index (χ2n) is 7.24. The lowest BCUT2D eigenvalue weighted by molar-refractivity contribution is -0.116. The van der Waals surface area contributed by atoms with Crippen LogP contribution in [0.2, 0.25) is 0 Å². The highest BCUT2D eigenvalue weighted by Crippen LogP contribution is 2.14. The Morgan fingerprint density at radius 2 is 1.50 bits per heavy atom. The van der Waals surface area contributed by atoms with Crippen LogP contribution in [0.25, 0.3) is 0 Å². The molecule has 2 aromatic carbocycles. The van der Waals surface area contributed by atoms with Crippen molar-refractivity contribution in [3.63, 3.8) is 0 Å². The first kappa shape index (κ1) is 20.2. The van der Waals surface area contributed by atoms with Crippen LogP contribution in [0.3, 0.4) is 0 Å². The number of ketones is 1. The summed E-state index contributed by atoms with van der Waals surface area (Å²) in [6.07, 6.45) is 0.412. The number of carbonyl (C=O) groups is 2. The molecule has 1 saturated heterocycles. The topological polar surface area (TPSA) is 52.6 Å².